The van der Waals surface area contributed by atoms with Crippen LogP contribution in [0.4, 0.5) is 0 Å². The first kappa shape index (κ1) is 15.4. The van der Waals surface area contributed by atoms with Crippen molar-refractivity contribution >= 4 is 0 Å². The van der Waals surface area contributed by atoms with Crippen molar-refractivity contribution in [3.63, 3.8) is 0 Å². The summed E-state index contributed by atoms with van der Waals surface area (Å²) in [5.41, 5.74) is 3.38. The molecular weight excluding hydrogens is 264 g/mol. The van der Waals surface area contributed by atoms with Crippen molar-refractivity contribution in [1.82, 2.24) is 14.8 Å². The fourth-order valence-corrected chi connectivity index (χ4v) is 2.49. The molecule has 1 heterocycles. The highest BCUT2D eigenvalue weighted by molar-refractivity contribution is 5.36. The minimum atomic E-state index is -0.648. The van der Waals surface area contributed by atoms with Gasteiger partial charge in [0.1, 0.15) is 12.7 Å². The molecule has 0 amide bonds. The summed E-state index contributed by atoms with van der Waals surface area (Å²) in [6.45, 7) is 6.45. The van der Waals surface area contributed by atoms with E-state index in [2.05, 4.69) is 48.2 Å². The van der Waals surface area contributed by atoms with Crippen molar-refractivity contribution in [3.05, 3.63) is 52.5 Å². The van der Waals surface area contributed by atoms with Crippen molar-refractivity contribution in [3.8, 4) is 0 Å². The predicted molar refractivity (Wildman–Crippen MR) is 83.1 cm³/mol. The highest BCUT2D eigenvalue weighted by Crippen LogP contribution is 2.29. The fourth-order valence-electron chi connectivity index (χ4n) is 2.49. The Bertz CT molecular complexity index is 578. The van der Waals surface area contributed by atoms with E-state index in [0.717, 1.165) is 17.5 Å². The number of benzene rings is 1. The molecule has 1 aromatic carbocycles. The second kappa shape index (κ2) is 7.11. The smallest absolute Gasteiger partial charge is 0.210 e. The number of nitrogens with zero attached hydrogens (tertiary/aromatic N) is 4. The van der Waals surface area contributed by atoms with Crippen LogP contribution in [-0.4, -0.2) is 14.8 Å². The molecule has 2 rings (SSSR count). The SMILES string of the molecule is CCCCc1ccc(C(N=O)n2cncn2)c(C(C)C)c1. The predicted octanol–water partition coefficient (Wildman–Crippen LogP) is 4.06. The summed E-state index contributed by atoms with van der Waals surface area (Å²) in [7, 11) is 0. The summed E-state index contributed by atoms with van der Waals surface area (Å²) < 4.78 is 1.50. The monoisotopic (exact) mass is 286 g/mol. The summed E-state index contributed by atoms with van der Waals surface area (Å²) in [4.78, 5) is 15.2. The number of nitroso groups, excluding NO2 is 1. The topological polar surface area (TPSA) is 60.1 Å². The third-order valence-corrected chi connectivity index (χ3v) is 3.66. The normalized spacial score (nSPS) is 12.6. The highest BCUT2D eigenvalue weighted by atomic mass is 16.3. The van der Waals surface area contributed by atoms with Crippen LogP contribution >= 0.6 is 0 Å². The van der Waals surface area contributed by atoms with E-state index in [9.17, 15) is 4.91 Å². The van der Waals surface area contributed by atoms with E-state index in [1.165, 1.54) is 35.7 Å². The molecule has 1 unspecified atom stereocenters. The fraction of sp³-hybridized carbons (Fsp3) is 0.500. The Balaban J connectivity index is 2.39. The molecule has 1 aromatic heterocycles. The van der Waals surface area contributed by atoms with Crippen molar-refractivity contribution < 1.29 is 0 Å². The number of hydrogen-bond acceptors (Lipinski definition) is 4. The third kappa shape index (κ3) is 3.54. The van der Waals surface area contributed by atoms with Gasteiger partial charge in [-0.3, -0.25) is 0 Å². The number of unbranched alkanes of at least 4 members (excludes halogenated alkanes) is 1. The third-order valence-electron chi connectivity index (χ3n) is 3.66. The van der Waals surface area contributed by atoms with Crippen LogP contribution in [0.2, 0.25) is 0 Å². The second-order valence-electron chi connectivity index (χ2n) is 5.58. The Morgan fingerprint density at radius 2 is 2.10 bits per heavy atom. The van der Waals surface area contributed by atoms with Gasteiger partial charge in [0.25, 0.3) is 0 Å². The lowest BCUT2D eigenvalue weighted by Gasteiger charge is -2.18. The van der Waals surface area contributed by atoms with Crippen LogP contribution < -0.4 is 0 Å². The molecule has 112 valence electrons. The van der Waals surface area contributed by atoms with Crippen LogP contribution in [0, 0.1) is 4.91 Å². The summed E-state index contributed by atoms with van der Waals surface area (Å²) in [5.74, 6) is 0.328. The van der Waals surface area contributed by atoms with E-state index in [1.807, 2.05) is 6.07 Å². The molecule has 2 aromatic rings. The van der Waals surface area contributed by atoms with E-state index in [4.69, 9.17) is 0 Å². The van der Waals surface area contributed by atoms with Crippen molar-refractivity contribution in [2.24, 2.45) is 5.18 Å². The van der Waals surface area contributed by atoms with Crippen LogP contribution in [0.3, 0.4) is 0 Å². The average Bonchev–Trinajstić information content (AvgIpc) is 3.00. The van der Waals surface area contributed by atoms with Crippen LogP contribution in [0.1, 0.15) is 62.4 Å². The largest absolute Gasteiger partial charge is 0.223 e. The molecule has 0 N–H and O–H groups in total. The molecule has 5 nitrogen and oxygen atoms in total. The molecule has 0 aliphatic carbocycles. The molecule has 0 bridgehead atoms. The summed E-state index contributed by atoms with van der Waals surface area (Å²) in [5, 5.41) is 7.29. The number of rotatable bonds is 7. The highest BCUT2D eigenvalue weighted by Gasteiger charge is 2.20. The Kier molecular flexibility index (Phi) is 5.20. The van der Waals surface area contributed by atoms with Gasteiger partial charge in [0.05, 0.1) is 0 Å². The lowest BCUT2D eigenvalue weighted by molar-refractivity contribution is 0.532. The van der Waals surface area contributed by atoms with Gasteiger partial charge in [-0.2, -0.15) is 5.10 Å². The summed E-state index contributed by atoms with van der Waals surface area (Å²) >= 11 is 0. The quantitative estimate of drug-likeness (QED) is 0.721. The minimum absolute atomic E-state index is 0.328. The number of hydrogen-bond donors (Lipinski definition) is 0. The lowest BCUT2D eigenvalue weighted by Crippen LogP contribution is -2.12. The van der Waals surface area contributed by atoms with Crippen LogP contribution in [0.5, 0.6) is 0 Å². The first-order valence-electron chi connectivity index (χ1n) is 7.46. The molecule has 0 spiro atoms. The second-order valence-corrected chi connectivity index (χ2v) is 5.58. The molecule has 1 atom stereocenters. The average molecular weight is 286 g/mol. The van der Waals surface area contributed by atoms with Gasteiger partial charge < -0.3 is 0 Å². The van der Waals surface area contributed by atoms with E-state index in [1.54, 1.807) is 0 Å². The zero-order valence-corrected chi connectivity index (χ0v) is 12.9. The first-order valence-corrected chi connectivity index (χ1v) is 7.46. The van der Waals surface area contributed by atoms with Gasteiger partial charge in [-0.1, -0.05) is 45.4 Å². The molecule has 0 saturated carbocycles. The van der Waals surface area contributed by atoms with Gasteiger partial charge in [-0.25, -0.2) is 9.67 Å². The van der Waals surface area contributed by atoms with E-state index < -0.39 is 6.17 Å². The van der Waals surface area contributed by atoms with Crippen LogP contribution in [0.25, 0.3) is 0 Å². The van der Waals surface area contributed by atoms with Gasteiger partial charge >= 0.3 is 0 Å². The summed E-state index contributed by atoms with van der Waals surface area (Å²) in [6, 6.07) is 6.30. The molecule has 0 aliphatic rings. The van der Waals surface area contributed by atoms with Crippen molar-refractivity contribution in [1.29, 1.82) is 0 Å². The molecule has 0 saturated heterocycles. The maximum absolute atomic E-state index is 11.3. The van der Waals surface area contributed by atoms with Crippen molar-refractivity contribution in [2.75, 3.05) is 0 Å². The number of aryl methyl sites for hydroxylation is 1. The molecular formula is C16H22N4O. The Morgan fingerprint density at radius 1 is 1.29 bits per heavy atom. The molecule has 21 heavy (non-hydrogen) atoms. The van der Waals surface area contributed by atoms with Crippen molar-refractivity contribution in [2.45, 2.75) is 52.1 Å². The standard InChI is InChI=1S/C16H22N4O/c1-4-5-6-13-7-8-14(15(9-13)12(2)3)16(19-21)20-11-17-10-18-20/h7-12,16H,4-6H2,1-3H3. The summed E-state index contributed by atoms with van der Waals surface area (Å²) in [6.07, 6.45) is 5.72. The Hall–Kier alpha value is -2.04. The van der Waals surface area contributed by atoms with E-state index >= 15 is 0 Å². The minimum Gasteiger partial charge on any atom is -0.223 e. The Morgan fingerprint density at radius 3 is 2.67 bits per heavy atom. The van der Waals surface area contributed by atoms with Gasteiger partial charge in [0.15, 0.2) is 0 Å². The van der Waals surface area contributed by atoms with Gasteiger partial charge in [0, 0.05) is 5.56 Å². The number of aromatic nitrogens is 3. The lowest BCUT2D eigenvalue weighted by atomic mass is 9.92. The van der Waals surface area contributed by atoms with Gasteiger partial charge in [-0.05, 0) is 35.1 Å². The zero-order valence-electron chi connectivity index (χ0n) is 12.9. The van der Waals surface area contributed by atoms with Crippen LogP contribution in [0.15, 0.2) is 36.0 Å². The zero-order chi connectivity index (χ0) is 15.2. The van der Waals surface area contributed by atoms with Gasteiger partial charge in [-0.15, -0.1) is 4.91 Å². The Labute approximate surface area is 125 Å². The van der Waals surface area contributed by atoms with Gasteiger partial charge in [0.2, 0.25) is 6.17 Å². The molecule has 5 heteroatoms. The maximum Gasteiger partial charge on any atom is 0.210 e. The molecule has 0 aliphatic heterocycles. The molecule has 0 radical (unpaired) electrons. The molecule has 0 fully saturated rings. The van der Waals surface area contributed by atoms with E-state index in [-0.39, 0.29) is 0 Å². The first-order chi connectivity index (χ1) is 10.2. The van der Waals surface area contributed by atoms with E-state index in [0.29, 0.717) is 5.92 Å². The maximum atomic E-state index is 11.3. The van der Waals surface area contributed by atoms with Crippen LogP contribution in [-0.2, 0) is 6.42 Å².